The highest BCUT2D eigenvalue weighted by Gasteiger charge is 2.08. The second-order valence-corrected chi connectivity index (χ2v) is 4.06. The third-order valence-corrected chi connectivity index (χ3v) is 3.20. The first-order valence-corrected chi connectivity index (χ1v) is 5.08. The quantitative estimate of drug-likeness (QED) is 0.602. The summed E-state index contributed by atoms with van der Waals surface area (Å²) in [4.78, 5) is 23.6. The van der Waals surface area contributed by atoms with E-state index in [1.54, 1.807) is 12.1 Å². The number of nitrogens with zero attached hydrogens (tertiary/aromatic N) is 2. The fourth-order valence-electron chi connectivity index (χ4n) is 1.48. The van der Waals surface area contributed by atoms with E-state index in [1.807, 2.05) is 12.1 Å². The van der Waals surface area contributed by atoms with Gasteiger partial charge in [0.2, 0.25) is 4.96 Å². The van der Waals surface area contributed by atoms with E-state index >= 15 is 0 Å². The molecule has 74 valence electrons. The molecular formula is C9H5N3O2S. The van der Waals surface area contributed by atoms with Crippen molar-refractivity contribution in [3.8, 4) is 0 Å². The lowest BCUT2D eigenvalue weighted by Crippen LogP contribution is -2.23. The Balaban J connectivity index is 2.75. The van der Waals surface area contributed by atoms with Crippen molar-refractivity contribution in [2.24, 2.45) is 0 Å². The number of hydrogen-bond acceptors (Lipinski definition) is 4. The summed E-state index contributed by atoms with van der Waals surface area (Å²) in [6, 6.07) is 7.15. The van der Waals surface area contributed by atoms with Crippen LogP contribution in [0.2, 0.25) is 0 Å². The fourth-order valence-corrected chi connectivity index (χ4v) is 2.44. The zero-order valence-corrected chi connectivity index (χ0v) is 8.25. The molecule has 3 aromatic rings. The number of aromatic nitrogens is 3. The van der Waals surface area contributed by atoms with Crippen LogP contribution in [0.1, 0.15) is 0 Å². The van der Waals surface area contributed by atoms with E-state index in [2.05, 4.69) is 10.2 Å². The minimum atomic E-state index is -0.489. The maximum Gasteiger partial charge on any atom is 0.351 e. The largest absolute Gasteiger partial charge is 0.351 e. The van der Waals surface area contributed by atoms with Crippen molar-refractivity contribution in [3.05, 3.63) is 45.1 Å². The predicted molar refractivity (Wildman–Crippen MR) is 57.5 cm³/mol. The zero-order valence-electron chi connectivity index (χ0n) is 7.43. The number of fused-ring (bicyclic) bond motifs is 2. The highest BCUT2D eigenvalue weighted by molar-refractivity contribution is 7.23. The fraction of sp³-hybridized carbons (Fsp3) is 0. The Morgan fingerprint density at radius 2 is 2.07 bits per heavy atom. The molecule has 2 heterocycles. The van der Waals surface area contributed by atoms with E-state index < -0.39 is 5.69 Å². The second-order valence-electron chi connectivity index (χ2n) is 3.05. The molecule has 3 rings (SSSR count). The lowest BCUT2D eigenvalue weighted by molar-refractivity contribution is 1.01. The van der Waals surface area contributed by atoms with Crippen molar-refractivity contribution in [1.29, 1.82) is 0 Å². The molecule has 2 aromatic heterocycles. The Labute approximate surface area is 86.6 Å². The topological polar surface area (TPSA) is 67.2 Å². The van der Waals surface area contributed by atoms with Crippen LogP contribution in [-0.2, 0) is 0 Å². The normalized spacial score (nSPS) is 11.2. The van der Waals surface area contributed by atoms with Crippen LogP contribution in [0.25, 0.3) is 15.0 Å². The van der Waals surface area contributed by atoms with Gasteiger partial charge in [-0.25, -0.2) is 9.89 Å². The van der Waals surface area contributed by atoms with Crippen LogP contribution in [0.4, 0.5) is 0 Å². The van der Waals surface area contributed by atoms with Crippen molar-refractivity contribution >= 4 is 26.4 Å². The van der Waals surface area contributed by atoms with E-state index in [0.717, 1.165) is 9.10 Å². The van der Waals surface area contributed by atoms with Crippen molar-refractivity contribution in [2.75, 3.05) is 0 Å². The maximum absolute atomic E-state index is 11.9. The molecule has 0 atom stereocenters. The molecule has 0 saturated heterocycles. The molecule has 0 aliphatic rings. The summed E-state index contributed by atoms with van der Waals surface area (Å²) in [6.07, 6.45) is 0. The average molecular weight is 219 g/mol. The minimum absolute atomic E-state index is 0.321. The molecule has 0 fully saturated rings. The van der Waals surface area contributed by atoms with Gasteiger partial charge >= 0.3 is 5.69 Å². The Kier molecular flexibility index (Phi) is 1.54. The summed E-state index contributed by atoms with van der Waals surface area (Å²) in [5, 5.41) is 6.57. The molecule has 0 aliphatic heterocycles. The lowest BCUT2D eigenvalue weighted by Gasteiger charge is -1.94. The van der Waals surface area contributed by atoms with E-state index in [0.29, 0.717) is 10.3 Å². The van der Waals surface area contributed by atoms with Gasteiger partial charge in [-0.3, -0.25) is 4.79 Å². The highest BCUT2D eigenvalue weighted by Crippen LogP contribution is 2.16. The molecular weight excluding hydrogens is 214 g/mol. The molecule has 0 unspecified atom stereocenters. The van der Waals surface area contributed by atoms with Crippen LogP contribution in [0.5, 0.6) is 0 Å². The van der Waals surface area contributed by atoms with Gasteiger partial charge in [-0.05, 0) is 12.1 Å². The molecule has 0 amide bonds. The van der Waals surface area contributed by atoms with E-state index in [1.165, 1.54) is 11.3 Å². The summed E-state index contributed by atoms with van der Waals surface area (Å²) >= 11 is 1.31. The molecule has 0 saturated carbocycles. The second kappa shape index (κ2) is 2.77. The molecule has 0 bridgehead atoms. The lowest BCUT2D eigenvalue weighted by atomic mass is 10.3. The maximum atomic E-state index is 11.9. The third kappa shape index (κ3) is 1.05. The number of nitrogens with one attached hydrogen (secondary N) is 1. The Hall–Kier alpha value is -1.95. The Morgan fingerprint density at radius 3 is 2.93 bits per heavy atom. The first-order chi connectivity index (χ1) is 7.27. The van der Waals surface area contributed by atoms with Crippen LogP contribution in [0.15, 0.2) is 33.9 Å². The van der Waals surface area contributed by atoms with Gasteiger partial charge in [0.15, 0.2) is 0 Å². The summed E-state index contributed by atoms with van der Waals surface area (Å²) in [6.45, 7) is 0. The molecule has 15 heavy (non-hydrogen) atoms. The van der Waals surface area contributed by atoms with Gasteiger partial charge in [-0.2, -0.15) is 4.40 Å². The van der Waals surface area contributed by atoms with Gasteiger partial charge in [-0.1, -0.05) is 23.5 Å². The van der Waals surface area contributed by atoms with Crippen molar-refractivity contribution in [3.63, 3.8) is 0 Å². The van der Waals surface area contributed by atoms with Gasteiger partial charge < -0.3 is 0 Å². The summed E-state index contributed by atoms with van der Waals surface area (Å²) in [7, 11) is 0. The van der Waals surface area contributed by atoms with Crippen molar-refractivity contribution in [1.82, 2.24) is 14.6 Å². The molecule has 1 N–H and O–H groups in total. The van der Waals surface area contributed by atoms with Gasteiger partial charge in [-0.15, -0.1) is 5.10 Å². The molecule has 1 aromatic carbocycles. The number of rotatable bonds is 0. The van der Waals surface area contributed by atoms with Gasteiger partial charge in [0, 0.05) is 4.70 Å². The predicted octanol–water partition coefficient (Wildman–Crippen LogP) is 0.597. The summed E-state index contributed by atoms with van der Waals surface area (Å²) < 4.78 is 1.88. The van der Waals surface area contributed by atoms with Gasteiger partial charge in [0.1, 0.15) is 0 Å². The standard InChI is InChI=1S/C9H5N3O2S/c13-7-5-3-1-2-4-6(5)15-9-11-10-8(14)12(7)9/h1-4H,(H,10,14). The number of aromatic amines is 1. The van der Waals surface area contributed by atoms with Crippen LogP contribution < -0.4 is 11.2 Å². The number of hydrogen-bond donors (Lipinski definition) is 1. The summed E-state index contributed by atoms with van der Waals surface area (Å²) in [5.41, 5.74) is -0.810. The van der Waals surface area contributed by atoms with Crippen LogP contribution in [0, 0.1) is 0 Å². The minimum Gasteiger partial charge on any atom is -0.268 e. The number of benzene rings is 1. The molecule has 5 nitrogen and oxygen atoms in total. The zero-order chi connectivity index (χ0) is 10.4. The average Bonchev–Trinajstić information content (AvgIpc) is 2.61. The SMILES string of the molecule is O=c1[nH]nc2sc3ccccc3c(=O)n12. The van der Waals surface area contributed by atoms with E-state index in [4.69, 9.17) is 0 Å². The highest BCUT2D eigenvalue weighted by atomic mass is 32.1. The summed E-state index contributed by atoms with van der Waals surface area (Å²) in [5.74, 6) is 0. The molecule has 0 spiro atoms. The van der Waals surface area contributed by atoms with E-state index in [-0.39, 0.29) is 5.56 Å². The van der Waals surface area contributed by atoms with Gasteiger partial charge in [0.25, 0.3) is 5.56 Å². The smallest absolute Gasteiger partial charge is 0.268 e. The van der Waals surface area contributed by atoms with Crippen LogP contribution in [0.3, 0.4) is 0 Å². The van der Waals surface area contributed by atoms with Crippen LogP contribution in [-0.4, -0.2) is 14.6 Å². The number of H-pyrrole nitrogens is 1. The van der Waals surface area contributed by atoms with Crippen LogP contribution >= 0.6 is 11.3 Å². The Bertz CT molecular complexity index is 768. The molecule has 0 aliphatic carbocycles. The van der Waals surface area contributed by atoms with Crippen molar-refractivity contribution < 1.29 is 0 Å². The Morgan fingerprint density at radius 1 is 1.27 bits per heavy atom. The monoisotopic (exact) mass is 219 g/mol. The van der Waals surface area contributed by atoms with Gasteiger partial charge in [0.05, 0.1) is 5.39 Å². The molecule has 6 heteroatoms. The first kappa shape index (κ1) is 8.37. The van der Waals surface area contributed by atoms with E-state index in [9.17, 15) is 9.59 Å². The first-order valence-electron chi connectivity index (χ1n) is 4.26. The third-order valence-electron chi connectivity index (χ3n) is 2.16. The van der Waals surface area contributed by atoms with Crippen molar-refractivity contribution in [2.45, 2.75) is 0 Å². The molecule has 0 radical (unpaired) electrons.